The average Bonchev–Trinajstić information content (AvgIpc) is 3.56. The van der Waals surface area contributed by atoms with Crippen molar-refractivity contribution < 1.29 is 25.2 Å². The maximum atomic E-state index is 6.42. The van der Waals surface area contributed by atoms with Gasteiger partial charge < -0.3 is 9.30 Å². The molecule has 0 saturated carbocycles. The summed E-state index contributed by atoms with van der Waals surface area (Å²) in [5.74, 6) is 2.05. The molecule has 226 valence electrons. The van der Waals surface area contributed by atoms with E-state index in [4.69, 9.17) is 9.84 Å². The molecule has 0 amide bonds. The largest absolute Gasteiger partial charge is 2.00 e. The Labute approximate surface area is 285 Å². The molecule has 0 unspecified atom stereocenters. The molecule has 0 saturated heterocycles. The molecule has 7 aromatic rings. The van der Waals surface area contributed by atoms with Gasteiger partial charge in [0.15, 0.2) is 0 Å². The molecule has 3 aromatic heterocycles. The van der Waals surface area contributed by atoms with Crippen LogP contribution in [0.5, 0.6) is 11.5 Å². The van der Waals surface area contributed by atoms with Crippen LogP contribution in [0.4, 0.5) is 0 Å². The first kappa shape index (κ1) is 31.2. The summed E-state index contributed by atoms with van der Waals surface area (Å²) in [6.45, 7) is 6.40. The maximum absolute atomic E-state index is 6.42. The van der Waals surface area contributed by atoms with Crippen molar-refractivity contribution in [3.05, 3.63) is 120 Å². The second-order valence-corrected chi connectivity index (χ2v) is 12.3. The number of aromatic nitrogens is 4. The molecular weight excluding hydrogens is 687 g/mol. The summed E-state index contributed by atoms with van der Waals surface area (Å²) in [5, 5.41) is 9.35. The molecule has 0 aliphatic carbocycles. The SMILES string of the molecule is CSc1nn(-c2[c-]c(Oc3[c-]c4c(cc3)c3ccccc3n4-c3cc(C)ccn3)ccc2)c(SC)c1-c1c(C)cccc1C.[Pd+2]. The number of hydrogen-bond acceptors (Lipinski definition) is 5. The van der Waals surface area contributed by atoms with Gasteiger partial charge in [-0.15, -0.1) is 59.2 Å². The Bertz CT molecular complexity index is 2170. The Morgan fingerprint density at radius 2 is 1.49 bits per heavy atom. The third-order valence-electron chi connectivity index (χ3n) is 7.82. The van der Waals surface area contributed by atoms with Crippen LogP contribution >= 0.6 is 23.5 Å². The molecule has 0 aliphatic rings. The van der Waals surface area contributed by atoms with E-state index < -0.39 is 0 Å². The van der Waals surface area contributed by atoms with Gasteiger partial charge in [-0.1, -0.05) is 41.9 Å². The molecule has 45 heavy (non-hydrogen) atoms. The first-order valence-electron chi connectivity index (χ1n) is 14.3. The molecule has 5 nitrogen and oxygen atoms in total. The number of aryl methyl sites for hydroxylation is 3. The zero-order chi connectivity index (χ0) is 30.4. The van der Waals surface area contributed by atoms with Crippen LogP contribution in [0.25, 0.3) is 44.4 Å². The summed E-state index contributed by atoms with van der Waals surface area (Å²) in [4.78, 5) is 4.69. The van der Waals surface area contributed by atoms with Crippen LogP contribution in [0.1, 0.15) is 16.7 Å². The Morgan fingerprint density at radius 3 is 2.24 bits per heavy atom. The standard InChI is InChI=1S/C37H30N4OS2.Pd/c1-23-18-19-38-33(20-23)40-31-15-7-6-14-29(31)30-17-16-28(22-32(30)40)42-27-13-9-12-26(21-27)41-37(44-5)35(36(39-41)43-4)34-24(2)10-8-11-25(34)3;/h6-20H,1-5H3;/q-2;+2. The number of hydrogen-bond donors (Lipinski definition) is 0. The fraction of sp³-hybridized carbons (Fsp3) is 0.135. The molecule has 0 N–H and O–H groups in total. The van der Waals surface area contributed by atoms with E-state index in [-0.39, 0.29) is 20.4 Å². The van der Waals surface area contributed by atoms with Crippen molar-refractivity contribution in [2.75, 3.05) is 12.5 Å². The van der Waals surface area contributed by atoms with Crippen molar-refractivity contribution in [2.45, 2.75) is 30.8 Å². The summed E-state index contributed by atoms with van der Waals surface area (Å²) in [6, 6.07) is 35.9. The number of nitrogens with zero attached hydrogens (tertiary/aromatic N) is 4. The first-order chi connectivity index (χ1) is 21.5. The quantitative estimate of drug-likeness (QED) is 0.0934. The third kappa shape index (κ3) is 5.62. The van der Waals surface area contributed by atoms with Gasteiger partial charge in [0.05, 0.1) is 0 Å². The van der Waals surface area contributed by atoms with Crippen molar-refractivity contribution in [1.82, 2.24) is 19.3 Å². The number of benzene rings is 4. The average molecular weight is 717 g/mol. The van der Waals surface area contributed by atoms with E-state index in [2.05, 4.69) is 110 Å². The molecule has 0 spiro atoms. The Kier molecular flexibility index (Phi) is 8.94. The summed E-state index contributed by atoms with van der Waals surface area (Å²) in [5.41, 5.74) is 8.83. The number of ether oxygens (including phenoxy) is 1. The molecule has 0 aliphatic heterocycles. The second-order valence-electron chi connectivity index (χ2n) is 10.7. The number of para-hydroxylation sites is 1. The first-order valence-corrected chi connectivity index (χ1v) is 16.8. The van der Waals surface area contributed by atoms with E-state index >= 15 is 0 Å². The number of pyridine rings is 1. The van der Waals surface area contributed by atoms with Crippen LogP contribution in [0, 0.1) is 32.9 Å². The van der Waals surface area contributed by atoms with Gasteiger partial charge in [-0.25, -0.2) is 4.98 Å². The van der Waals surface area contributed by atoms with Crippen LogP contribution in [0.3, 0.4) is 0 Å². The topological polar surface area (TPSA) is 44.9 Å². The second kappa shape index (κ2) is 12.9. The predicted octanol–water partition coefficient (Wildman–Crippen LogP) is 9.79. The van der Waals surface area contributed by atoms with E-state index in [9.17, 15) is 0 Å². The summed E-state index contributed by atoms with van der Waals surface area (Å²) in [7, 11) is 0. The molecule has 0 atom stereocenters. The monoisotopic (exact) mass is 716 g/mol. The maximum Gasteiger partial charge on any atom is 2.00 e. The molecule has 0 fully saturated rings. The van der Waals surface area contributed by atoms with E-state index in [1.54, 1.807) is 23.5 Å². The Hall–Kier alpha value is -3.80. The van der Waals surface area contributed by atoms with Gasteiger partial charge in [-0.3, -0.25) is 4.68 Å². The molecule has 7 rings (SSSR count). The van der Waals surface area contributed by atoms with Gasteiger partial charge in [0.1, 0.15) is 15.9 Å². The number of fused-ring (bicyclic) bond motifs is 3. The summed E-state index contributed by atoms with van der Waals surface area (Å²) >= 11 is 3.35. The van der Waals surface area contributed by atoms with Gasteiger partial charge in [0.25, 0.3) is 0 Å². The van der Waals surface area contributed by atoms with Gasteiger partial charge >= 0.3 is 20.4 Å². The smallest absolute Gasteiger partial charge is 0.509 e. The van der Waals surface area contributed by atoms with Crippen LogP contribution < -0.4 is 4.74 Å². The molecule has 0 bridgehead atoms. The van der Waals surface area contributed by atoms with Gasteiger partial charge in [-0.05, 0) is 84.8 Å². The fourth-order valence-corrected chi connectivity index (χ4v) is 7.20. The van der Waals surface area contributed by atoms with Gasteiger partial charge in [-0.2, -0.15) is 17.2 Å². The van der Waals surface area contributed by atoms with Crippen LogP contribution in [-0.2, 0) is 20.4 Å². The summed E-state index contributed by atoms with van der Waals surface area (Å²) < 4.78 is 10.6. The Balaban J connectivity index is 0.00000357. The van der Waals surface area contributed by atoms with Crippen molar-refractivity contribution in [3.8, 4) is 34.1 Å². The van der Waals surface area contributed by atoms with Crippen molar-refractivity contribution in [1.29, 1.82) is 0 Å². The minimum Gasteiger partial charge on any atom is -0.509 e. The number of rotatable bonds is 7. The number of thioether (sulfide) groups is 2. The minimum absolute atomic E-state index is 0. The normalized spacial score (nSPS) is 11.2. The fourth-order valence-electron chi connectivity index (χ4n) is 5.85. The molecule has 8 heteroatoms. The van der Waals surface area contributed by atoms with E-state index in [0.29, 0.717) is 11.5 Å². The van der Waals surface area contributed by atoms with Gasteiger partial charge in [0, 0.05) is 28.8 Å². The third-order valence-corrected chi connectivity index (χ3v) is 9.25. The molecule has 4 aromatic carbocycles. The van der Waals surface area contributed by atoms with Crippen LogP contribution in [0.15, 0.2) is 101 Å². The minimum atomic E-state index is 0. The zero-order valence-corrected chi connectivity index (χ0v) is 28.7. The predicted molar refractivity (Wildman–Crippen MR) is 183 cm³/mol. The summed E-state index contributed by atoms with van der Waals surface area (Å²) in [6.07, 6.45) is 6.02. The van der Waals surface area contributed by atoms with E-state index in [1.165, 1.54) is 16.7 Å². The zero-order valence-electron chi connectivity index (χ0n) is 25.5. The van der Waals surface area contributed by atoms with Crippen molar-refractivity contribution >= 4 is 45.3 Å². The van der Waals surface area contributed by atoms with Crippen LogP contribution in [-0.4, -0.2) is 31.8 Å². The van der Waals surface area contributed by atoms with E-state index in [1.807, 2.05) is 41.2 Å². The van der Waals surface area contributed by atoms with Gasteiger partial charge in [0.2, 0.25) is 0 Å². The molecular formula is C37H30N4OPdS2. The molecule has 3 heterocycles. The Morgan fingerprint density at radius 1 is 0.733 bits per heavy atom. The van der Waals surface area contributed by atoms with Crippen molar-refractivity contribution in [3.63, 3.8) is 0 Å². The molecule has 0 radical (unpaired) electrons. The van der Waals surface area contributed by atoms with Crippen molar-refractivity contribution in [2.24, 2.45) is 0 Å². The van der Waals surface area contributed by atoms with E-state index in [0.717, 1.165) is 54.5 Å². The van der Waals surface area contributed by atoms with Crippen LogP contribution in [0.2, 0.25) is 0 Å².